The highest BCUT2D eigenvalue weighted by molar-refractivity contribution is 8.00. The number of halogens is 1. The first kappa shape index (κ1) is 27.2. The zero-order chi connectivity index (χ0) is 27.1. The molecule has 37 heavy (non-hydrogen) atoms. The average Bonchev–Trinajstić information content (AvgIpc) is 3.45. The number of fused-ring (bicyclic) bond motifs is 1. The Balaban J connectivity index is 1.55. The number of carboxylic acids is 2. The Morgan fingerprint density at radius 2 is 1.97 bits per heavy atom. The highest BCUT2D eigenvalue weighted by Gasteiger charge is 2.54. The maximum Gasteiger partial charge on any atom is 0.352 e. The van der Waals surface area contributed by atoms with Gasteiger partial charge in [0.1, 0.15) is 27.1 Å². The van der Waals surface area contributed by atoms with Crippen molar-refractivity contribution < 1.29 is 34.2 Å². The van der Waals surface area contributed by atoms with Crippen LogP contribution in [0.4, 0.5) is 5.13 Å². The molecule has 16 heteroatoms. The molecule has 13 nitrogen and oxygen atoms in total. The van der Waals surface area contributed by atoms with E-state index in [9.17, 15) is 29.4 Å². The topological polar surface area (TPSA) is 188 Å². The summed E-state index contributed by atoms with van der Waals surface area (Å²) in [5.74, 6) is -3.63. The van der Waals surface area contributed by atoms with Gasteiger partial charge < -0.3 is 26.1 Å². The maximum atomic E-state index is 13.2. The fourth-order valence-corrected chi connectivity index (χ4v) is 6.34. The number of amides is 2. The summed E-state index contributed by atoms with van der Waals surface area (Å²) in [6, 6.07) is -1.05. The van der Waals surface area contributed by atoms with Crippen LogP contribution in [0.2, 0.25) is 4.34 Å². The molecule has 1 aromatic rings. The predicted octanol–water partition coefficient (Wildman–Crippen LogP) is 0.797. The van der Waals surface area contributed by atoms with Crippen LogP contribution in [0.5, 0.6) is 0 Å². The molecule has 3 aliphatic rings. The van der Waals surface area contributed by atoms with Crippen LogP contribution in [0.25, 0.3) is 0 Å². The van der Waals surface area contributed by atoms with E-state index in [2.05, 4.69) is 20.4 Å². The number of thioether (sulfide) groups is 1. The summed E-state index contributed by atoms with van der Waals surface area (Å²) in [6.07, 6.45) is 2.10. The summed E-state index contributed by atoms with van der Waals surface area (Å²) < 4.78 is 0.0133. The van der Waals surface area contributed by atoms with Crippen molar-refractivity contribution >= 4 is 69.3 Å². The maximum absolute atomic E-state index is 13.2. The van der Waals surface area contributed by atoms with Crippen molar-refractivity contribution in [3.05, 3.63) is 21.3 Å². The summed E-state index contributed by atoms with van der Waals surface area (Å²) in [5, 5.41) is 24.8. The number of carboxylic acid groups (broad SMARTS) is 2. The lowest BCUT2D eigenvalue weighted by atomic mass is 10.0. The Kier molecular flexibility index (Phi) is 7.69. The van der Waals surface area contributed by atoms with Gasteiger partial charge in [-0.3, -0.25) is 19.4 Å². The third-order valence-corrected chi connectivity index (χ3v) is 8.49. The molecule has 5 N–H and O–H groups in total. The fourth-order valence-electron chi connectivity index (χ4n) is 4.08. The fraction of sp³-hybridized carbons (Fsp3) is 0.524. The van der Waals surface area contributed by atoms with Gasteiger partial charge >= 0.3 is 11.9 Å². The number of anilines is 1. The third kappa shape index (κ3) is 5.39. The van der Waals surface area contributed by atoms with Crippen molar-refractivity contribution in [2.75, 3.05) is 31.1 Å². The van der Waals surface area contributed by atoms with Crippen LogP contribution in [-0.4, -0.2) is 96.9 Å². The number of thiazole rings is 1. The van der Waals surface area contributed by atoms with Gasteiger partial charge in [0.25, 0.3) is 11.8 Å². The number of nitrogen functional groups attached to an aromatic ring is 1. The van der Waals surface area contributed by atoms with Crippen LogP contribution in [-0.2, 0) is 24.0 Å². The van der Waals surface area contributed by atoms with E-state index in [0.29, 0.717) is 17.9 Å². The number of aromatic nitrogens is 1. The molecule has 200 valence electrons. The highest BCUT2D eigenvalue weighted by atomic mass is 35.5. The van der Waals surface area contributed by atoms with E-state index < -0.39 is 46.5 Å². The summed E-state index contributed by atoms with van der Waals surface area (Å²) in [6.45, 7) is 4.69. The lowest BCUT2D eigenvalue weighted by Crippen LogP contribution is -2.71. The number of likely N-dealkylation sites (tertiary alicyclic amines) is 1. The number of hydrogen-bond donors (Lipinski definition) is 4. The van der Waals surface area contributed by atoms with Gasteiger partial charge in [-0.1, -0.05) is 28.1 Å². The zero-order valence-corrected chi connectivity index (χ0v) is 22.3. The lowest BCUT2D eigenvalue weighted by molar-refractivity contribution is -0.161. The van der Waals surface area contributed by atoms with Gasteiger partial charge in [-0.05, 0) is 45.4 Å². The van der Waals surface area contributed by atoms with Gasteiger partial charge in [0, 0.05) is 12.3 Å². The Morgan fingerprint density at radius 1 is 1.30 bits per heavy atom. The smallest absolute Gasteiger partial charge is 0.352 e. The molecule has 3 aliphatic heterocycles. The number of oxime groups is 1. The molecular weight excluding hydrogens is 548 g/mol. The molecule has 1 aromatic heterocycles. The number of β-lactam (4-membered cyclic amide) rings is 1. The normalized spacial score (nSPS) is 22.5. The molecule has 0 unspecified atom stereocenters. The van der Waals surface area contributed by atoms with Crippen LogP contribution >= 0.6 is 34.7 Å². The first-order valence-corrected chi connectivity index (χ1v) is 13.5. The SMILES string of the molecule is CC(C)(O/N=C(\C(=O)N[C@@H]1C(=O)N2C(C(=O)O)=C(CN3CCCC3)CS[C@H]12)c1nc(N)sc1Cl)C(=O)O. The number of carbonyl (C=O) groups excluding carboxylic acids is 2. The number of hydrogen-bond acceptors (Lipinski definition) is 11. The van der Waals surface area contributed by atoms with E-state index >= 15 is 0 Å². The molecule has 4 heterocycles. The van der Waals surface area contributed by atoms with Crippen LogP contribution in [0.3, 0.4) is 0 Å². The standard InChI is InChI=1S/C21H25ClN6O7S2/c1-21(2,19(33)34)35-26-11(10-14(22)37-20(23)25-10)15(29)24-12-16(30)28-13(18(31)32)9(8-36-17(12)28)7-27-5-3-4-6-27/h12,17H,3-8H2,1-2H3,(H2,23,25)(H,24,29)(H,31,32)(H,33,34)/b26-11-/t12-,17-/m1/s1. The number of rotatable bonds is 9. The first-order valence-electron chi connectivity index (χ1n) is 11.3. The molecule has 0 spiro atoms. The van der Waals surface area contributed by atoms with E-state index in [0.717, 1.165) is 37.3 Å². The molecule has 4 rings (SSSR count). The number of carbonyl (C=O) groups is 4. The van der Waals surface area contributed by atoms with Crippen LogP contribution in [0.1, 0.15) is 32.4 Å². The van der Waals surface area contributed by atoms with Gasteiger partial charge in [0.05, 0.1) is 0 Å². The molecule has 0 radical (unpaired) electrons. The van der Waals surface area contributed by atoms with E-state index in [4.69, 9.17) is 22.2 Å². The van der Waals surface area contributed by atoms with E-state index in [1.807, 2.05) is 0 Å². The second kappa shape index (κ2) is 10.5. The average molecular weight is 573 g/mol. The van der Waals surface area contributed by atoms with E-state index in [1.165, 1.54) is 30.5 Å². The van der Waals surface area contributed by atoms with Gasteiger partial charge in [-0.2, -0.15) is 0 Å². The van der Waals surface area contributed by atoms with Crippen molar-refractivity contribution in [3.8, 4) is 0 Å². The van der Waals surface area contributed by atoms with Crippen molar-refractivity contribution in [1.82, 2.24) is 20.1 Å². The molecule has 2 amide bonds. The monoisotopic (exact) mass is 572 g/mol. The molecule has 0 bridgehead atoms. The summed E-state index contributed by atoms with van der Waals surface area (Å²) >= 11 is 8.37. The number of aliphatic carboxylic acids is 2. The summed E-state index contributed by atoms with van der Waals surface area (Å²) in [5.41, 5.74) is 3.90. The van der Waals surface area contributed by atoms with Gasteiger partial charge in [0.15, 0.2) is 10.8 Å². The van der Waals surface area contributed by atoms with E-state index in [1.54, 1.807) is 0 Å². The van der Waals surface area contributed by atoms with Crippen LogP contribution in [0, 0.1) is 0 Å². The molecule has 2 saturated heterocycles. The van der Waals surface area contributed by atoms with Crippen LogP contribution < -0.4 is 11.1 Å². The van der Waals surface area contributed by atoms with Gasteiger partial charge in [-0.25, -0.2) is 14.6 Å². The highest BCUT2D eigenvalue weighted by Crippen LogP contribution is 2.41. The van der Waals surface area contributed by atoms with Crippen molar-refractivity contribution in [2.45, 2.75) is 43.7 Å². The minimum absolute atomic E-state index is 0.0133. The minimum atomic E-state index is -1.78. The first-order chi connectivity index (χ1) is 17.4. The predicted molar refractivity (Wildman–Crippen MR) is 136 cm³/mol. The van der Waals surface area contributed by atoms with Crippen molar-refractivity contribution in [2.24, 2.45) is 5.16 Å². The van der Waals surface area contributed by atoms with Gasteiger partial charge in [0.2, 0.25) is 5.60 Å². The molecule has 0 saturated carbocycles. The second-order valence-corrected chi connectivity index (χ2v) is 11.9. The number of nitrogens with two attached hydrogens (primary N) is 1. The van der Waals surface area contributed by atoms with Crippen LogP contribution in [0.15, 0.2) is 16.4 Å². The number of nitrogens with zero attached hydrogens (tertiary/aromatic N) is 4. The Bertz CT molecular complexity index is 1210. The molecule has 2 fully saturated rings. The molecule has 2 atom stereocenters. The number of nitrogens with one attached hydrogen (secondary N) is 1. The summed E-state index contributed by atoms with van der Waals surface area (Å²) in [7, 11) is 0. The Labute approximate surface area is 224 Å². The minimum Gasteiger partial charge on any atom is -0.478 e. The van der Waals surface area contributed by atoms with E-state index in [-0.39, 0.29) is 20.9 Å². The quantitative estimate of drug-likeness (QED) is 0.186. The summed E-state index contributed by atoms with van der Waals surface area (Å²) in [4.78, 5) is 62.2. The second-order valence-electron chi connectivity index (χ2n) is 9.12. The lowest BCUT2D eigenvalue weighted by Gasteiger charge is -2.49. The molecule has 0 aromatic carbocycles. The molecule has 0 aliphatic carbocycles. The Hall–Kier alpha value is -2.88. The van der Waals surface area contributed by atoms with Crippen molar-refractivity contribution in [3.63, 3.8) is 0 Å². The van der Waals surface area contributed by atoms with Crippen molar-refractivity contribution in [1.29, 1.82) is 0 Å². The largest absolute Gasteiger partial charge is 0.478 e. The molecular formula is C21H25ClN6O7S2. The van der Waals surface area contributed by atoms with Gasteiger partial charge in [-0.15, -0.1) is 11.8 Å². The zero-order valence-electron chi connectivity index (χ0n) is 19.9. The Morgan fingerprint density at radius 3 is 2.54 bits per heavy atom. The third-order valence-electron chi connectivity index (χ3n) is 6.07.